The summed E-state index contributed by atoms with van der Waals surface area (Å²) in [4.78, 5) is 8.50. The van der Waals surface area contributed by atoms with Gasteiger partial charge in [-0.1, -0.05) is 36.4 Å². The van der Waals surface area contributed by atoms with E-state index in [1.54, 1.807) is 24.5 Å². The summed E-state index contributed by atoms with van der Waals surface area (Å²) in [7, 11) is -4.61. The number of hydrogen-bond acceptors (Lipinski definition) is 7. The van der Waals surface area contributed by atoms with E-state index in [4.69, 9.17) is 10.5 Å². The number of nitrogens with zero attached hydrogens (tertiary/aromatic N) is 2. The predicted octanol–water partition coefficient (Wildman–Crippen LogP) is 5.37. The van der Waals surface area contributed by atoms with Gasteiger partial charge in [0.25, 0.3) is 10.0 Å². The number of hydrogen-bond donors (Lipinski definition) is 2. The molecule has 0 spiro atoms. The third-order valence-corrected chi connectivity index (χ3v) is 8.52. The van der Waals surface area contributed by atoms with Gasteiger partial charge in [-0.15, -0.1) is 0 Å². The average molecular weight is 581 g/mol. The van der Waals surface area contributed by atoms with Crippen molar-refractivity contribution in [3.05, 3.63) is 90.6 Å². The van der Waals surface area contributed by atoms with E-state index in [-0.39, 0.29) is 17.4 Å². The highest BCUT2D eigenvalue weighted by Gasteiger charge is 2.23. The topological polar surface area (TPSA) is 124 Å². The smallest absolute Gasteiger partial charge is 0.264 e. The molecule has 3 aromatic carbocycles. The molecular weight excluding hydrogens is 558 g/mol. The standard InChI is InChI=1S/C28H22F2N4O4S2/c1-38-28-23(34-40(36,37)24-11-9-19(29)14-21(24)30)13-18(15-32-28)17-8-10-22-20(12-17)26(39(2)35)25(27(31)33-22)16-6-4-3-5-7-16/h3-15,34H,1-2H3,(H2,31,33). The normalized spacial score (nSPS) is 12.3. The van der Waals surface area contributed by atoms with Crippen molar-refractivity contribution >= 4 is 43.2 Å². The fourth-order valence-corrected chi connectivity index (χ4v) is 6.44. The molecule has 0 aliphatic rings. The van der Waals surface area contributed by atoms with Gasteiger partial charge in [0.05, 0.1) is 28.3 Å². The number of methoxy groups -OCH3 is 1. The molecule has 8 nitrogen and oxygen atoms in total. The van der Waals surface area contributed by atoms with E-state index in [0.29, 0.717) is 38.6 Å². The Morgan fingerprint density at radius 3 is 2.38 bits per heavy atom. The molecule has 0 saturated carbocycles. The van der Waals surface area contributed by atoms with Gasteiger partial charge < -0.3 is 10.5 Å². The van der Waals surface area contributed by atoms with E-state index in [1.165, 1.54) is 19.4 Å². The Labute approximate surface area is 231 Å². The van der Waals surface area contributed by atoms with Crippen molar-refractivity contribution in [3.63, 3.8) is 0 Å². The zero-order valence-electron chi connectivity index (χ0n) is 21.2. The third kappa shape index (κ3) is 5.10. The van der Waals surface area contributed by atoms with E-state index in [9.17, 15) is 21.4 Å². The van der Waals surface area contributed by atoms with E-state index in [0.717, 1.165) is 17.7 Å². The van der Waals surface area contributed by atoms with Crippen LogP contribution in [-0.2, 0) is 20.8 Å². The van der Waals surface area contributed by atoms with E-state index >= 15 is 0 Å². The van der Waals surface area contributed by atoms with Gasteiger partial charge in [-0.2, -0.15) is 0 Å². The molecule has 0 bridgehead atoms. The Morgan fingerprint density at radius 2 is 1.70 bits per heavy atom. The van der Waals surface area contributed by atoms with Gasteiger partial charge in [0.2, 0.25) is 5.88 Å². The molecule has 40 heavy (non-hydrogen) atoms. The number of anilines is 2. The van der Waals surface area contributed by atoms with Crippen molar-refractivity contribution in [2.75, 3.05) is 23.8 Å². The first-order chi connectivity index (χ1) is 19.1. The maximum atomic E-state index is 14.3. The summed E-state index contributed by atoms with van der Waals surface area (Å²) in [5.41, 5.74) is 9.17. The van der Waals surface area contributed by atoms with Crippen molar-refractivity contribution < 1.29 is 26.1 Å². The van der Waals surface area contributed by atoms with Crippen LogP contribution in [0.5, 0.6) is 5.88 Å². The highest BCUT2D eigenvalue weighted by molar-refractivity contribution is 7.92. The zero-order chi connectivity index (χ0) is 28.6. The van der Waals surface area contributed by atoms with Gasteiger partial charge in [0.1, 0.15) is 28.0 Å². The maximum absolute atomic E-state index is 14.3. The summed E-state index contributed by atoms with van der Waals surface area (Å²) in [5.74, 6) is -1.97. The highest BCUT2D eigenvalue weighted by Crippen LogP contribution is 2.38. The van der Waals surface area contributed by atoms with Crippen molar-refractivity contribution in [1.82, 2.24) is 9.97 Å². The van der Waals surface area contributed by atoms with Crippen LogP contribution < -0.4 is 15.2 Å². The van der Waals surface area contributed by atoms with Crippen molar-refractivity contribution in [2.24, 2.45) is 0 Å². The van der Waals surface area contributed by atoms with Crippen LogP contribution in [0.3, 0.4) is 0 Å². The zero-order valence-corrected chi connectivity index (χ0v) is 22.8. The van der Waals surface area contributed by atoms with E-state index in [1.807, 2.05) is 30.3 Å². The second kappa shape index (κ2) is 10.6. The number of pyridine rings is 2. The van der Waals surface area contributed by atoms with Crippen LogP contribution in [0.1, 0.15) is 0 Å². The minimum atomic E-state index is -4.46. The lowest BCUT2D eigenvalue weighted by atomic mass is 10.0. The SMILES string of the molecule is COc1ncc(-c2ccc3nc(N)c(-c4ccccc4)c(S(C)=O)c3c2)cc1NS(=O)(=O)c1ccc(F)cc1F. The molecule has 5 rings (SSSR count). The number of nitrogen functional groups attached to an aromatic ring is 1. The number of benzene rings is 3. The lowest BCUT2D eigenvalue weighted by molar-refractivity contribution is 0.400. The summed E-state index contributed by atoms with van der Waals surface area (Å²) >= 11 is 0. The van der Waals surface area contributed by atoms with Crippen LogP contribution in [0.15, 0.2) is 88.8 Å². The van der Waals surface area contributed by atoms with Crippen LogP contribution in [0.4, 0.5) is 20.3 Å². The maximum Gasteiger partial charge on any atom is 0.264 e. The number of nitrogens with two attached hydrogens (primary N) is 1. The Kier molecular flexibility index (Phi) is 7.21. The largest absolute Gasteiger partial charge is 0.480 e. The van der Waals surface area contributed by atoms with Gasteiger partial charge >= 0.3 is 0 Å². The number of ether oxygens (including phenoxy) is 1. The Bertz CT molecular complexity index is 1900. The van der Waals surface area contributed by atoms with E-state index < -0.39 is 37.4 Å². The van der Waals surface area contributed by atoms with Gasteiger partial charge in [0, 0.05) is 35.0 Å². The number of nitrogens with one attached hydrogen (secondary N) is 1. The van der Waals surface area contributed by atoms with E-state index in [2.05, 4.69) is 14.7 Å². The van der Waals surface area contributed by atoms with Crippen LogP contribution in [0.2, 0.25) is 0 Å². The predicted molar refractivity (Wildman–Crippen MR) is 151 cm³/mol. The quantitative estimate of drug-likeness (QED) is 0.265. The lowest BCUT2D eigenvalue weighted by Crippen LogP contribution is -2.15. The van der Waals surface area contributed by atoms with Gasteiger partial charge in [0.15, 0.2) is 0 Å². The molecule has 0 aliphatic carbocycles. The fourth-order valence-electron chi connectivity index (χ4n) is 4.35. The summed E-state index contributed by atoms with van der Waals surface area (Å²) in [6.07, 6.45) is 3.03. The molecule has 2 heterocycles. The first-order valence-electron chi connectivity index (χ1n) is 11.7. The molecule has 204 valence electrons. The number of halogens is 2. The molecule has 5 aromatic rings. The molecule has 3 N–H and O–H groups in total. The first kappa shape index (κ1) is 27.2. The Morgan fingerprint density at radius 1 is 0.950 bits per heavy atom. The minimum Gasteiger partial charge on any atom is -0.480 e. The number of rotatable bonds is 7. The van der Waals surface area contributed by atoms with Gasteiger partial charge in [-0.05, 0) is 41.5 Å². The van der Waals surface area contributed by atoms with Crippen molar-refractivity contribution in [3.8, 4) is 28.1 Å². The van der Waals surface area contributed by atoms with Gasteiger partial charge in [-0.3, -0.25) is 8.93 Å². The summed E-state index contributed by atoms with van der Waals surface area (Å²) < 4.78 is 74.0. The molecule has 2 aromatic heterocycles. The highest BCUT2D eigenvalue weighted by atomic mass is 32.2. The Balaban J connectivity index is 1.64. The molecule has 0 radical (unpaired) electrons. The summed E-state index contributed by atoms with van der Waals surface area (Å²) in [6.45, 7) is 0. The second-order valence-electron chi connectivity index (χ2n) is 8.71. The molecule has 12 heteroatoms. The third-order valence-electron chi connectivity index (χ3n) is 6.12. The molecule has 0 aliphatic heterocycles. The van der Waals surface area contributed by atoms with Crippen molar-refractivity contribution in [2.45, 2.75) is 9.79 Å². The molecule has 1 unspecified atom stereocenters. The molecule has 0 saturated heterocycles. The first-order valence-corrected chi connectivity index (χ1v) is 14.8. The monoisotopic (exact) mass is 580 g/mol. The minimum absolute atomic E-state index is 0.0632. The average Bonchev–Trinajstić information content (AvgIpc) is 2.92. The van der Waals surface area contributed by atoms with Gasteiger partial charge in [-0.25, -0.2) is 27.2 Å². The summed E-state index contributed by atoms with van der Waals surface area (Å²) in [5, 5.41) is 0.595. The van der Waals surface area contributed by atoms with Crippen LogP contribution >= 0.6 is 0 Å². The number of aromatic nitrogens is 2. The van der Waals surface area contributed by atoms with Crippen LogP contribution in [0.25, 0.3) is 33.2 Å². The lowest BCUT2D eigenvalue weighted by Gasteiger charge is -2.16. The molecule has 1 atom stereocenters. The Hall–Kier alpha value is -4.42. The molecule has 0 amide bonds. The number of fused-ring (bicyclic) bond motifs is 1. The summed E-state index contributed by atoms with van der Waals surface area (Å²) in [6, 6.07) is 18.1. The number of sulfonamides is 1. The van der Waals surface area contributed by atoms with Crippen molar-refractivity contribution in [1.29, 1.82) is 0 Å². The van der Waals surface area contributed by atoms with Crippen LogP contribution in [-0.4, -0.2) is 36.0 Å². The molecular formula is C28H22F2N4O4S2. The fraction of sp³-hybridized carbons (Fsp3) is 0.0714. The second-order valence-corrected chi connectivity index (χ2v) is 11.7. The molecule has 0 fully saturated rings. The van der Waals surface area contributed by atoms with Crippen LogP contribution in [0, 0.1) is 11.6 Å².